The molecule has 0 aliphatic heterocycles. The van der Waals surface area contributed by atoms with Crippen molar-refractivity contribution < 1.29 is 17.9 Å². The van der Waals surface area contributed by atoms with E-state index in [1.807, 2.05) is 6.92 Å². The predicted molar refractivity (Wildman–Crippen MR) is 58.6 cm³/mol. The number of ether oxygens (including phenoxy) is 1. The highest BCUT2D eigenvalue weighted by molar-refractivity contribution is 5.29. The molecule has 1 aromatic carbocycles. The molecule has 0 heterocycles. The monoisotopic (exact) mass is 248 g/mol. The normalized spacial score (nSPS) is 15.4. The summed E-state index contributed by atoms with van der Waals surface area (Å²) in [5.41, 5.74) is 6.65. The van der Waals surface area contributed by atoms with Crippen LogP contribution in [0.15, 0.2) is 24.3 Å². The van der Waals surface area contributed by atoms with Crippen molar-refractivity contribution in [3.63, 3.8) is 0 Å². The third kappa shape index (κ3) is 4.24. The van der Waals surface area contributed by atoms with Crippen molar-refractivity contribution in [1.29, 1.82) is 0 Å². The summed E-state index contributed by atoms with van der Waals surface area (Å²) in [6.45, 7) is 1.89. The quantitative estimate of drug-likeness (QED) is 0.858. The second-order valence-electron chi connectivity index (χ2n) is 3.72. The molecule has 0 aromatic heterocycles. The van der Waals surface area contributed by atoms with Crippen molar-refractivity contribution >= 4 is 0 Å². The Hall–Kier alpha value is -1.27. The van der Waals surface area contributed by atoms with Gasteiger partial charge in [0, 0.05) is 12.1 Å². The fourth-order valence-electron chi connectivity index (χ4n) is 1.36. The summed E-state index contributed by atoms with van der Waals surface area (Å²) < 4.78 is 39.5. The molecule has 0 bridgehead atoms. The number of nitrogens with two attached hydrogens (primary N) is 1. The fourth-order valence-corrected chi connectivity index (χ4v) is 1.36. The van der Waals surface area contributed by atoms with Gasteiger partial charge in [-0.05, 0) is 31.7 Å². The van der Waals surface area contributed by atoms with E-state index < -0.39 is 6.36 Å². The van der Waals surface area contributed by atoms with Crippen LogP contribution in [0.3, 0.4) is 0 Å². The third-order valence-corrected chi connectivity index (χ3v) is 2.49. The van der Waals surface area contributed by atoms with E-state index >= 15 is 0 Å². The second kappa shape index (κ2) is 5.37. The van der Waals surface area contributed by atoms with E-state index in [1.54, 1.807) is 7.05 Å². The Labute approximate surface area is 97.8 Å². The maximum Gasteiger partial charge on any atom is 0.573 e. The summed E-state index contributed by atoms with van der Waals surface area (Å²) in [5, 5.41) is 2.98. The van der Waals surface area contributed by atoms with E-state index in [1.165, 1.54) is 24.3 Å². The molecule has 0 aliphatic carbocycles. The van der Waals surface area contributed by atoms with Gasteiger partial charge in [-0.25, -0.2) is 0 Å². The summed E-state index contributed by atoms with van der Waals surface area (Å²) in [6, 6.07) is 5.32. The van der Waals surface area contributed by atoms with Crippen LogP contribution in [0.1, 0.15) is 18.5 Å². The van der Waals surface area contributed by atoms with Crippen LogP contribution < -0.4 is 15.8 Å². The Bertz CT molecular complexity index is 351. The molecule has 3 N–H and O–H groups in total. The van der Waals surface area contributed by atoms with Crippen molar-refractivity contribution in [3.05, 3.63) is 29.8 Å². The number of hydrogen-bond acceptors (Lipinski definition) is 3. The zero-order chi connectivity index (χ0) is 13.1. The first kappa shape index (κ1) is 13.8. The molecule has 0 aliphatic rings. The zero-order valence-electron chi connectivity index (χ0n) is 9.58. The van der Waals surface area contributed by atoms with Gasteiger partial charge in [0.05, 0.1) is 0 Å². The van der Waals surface area contributed by atoms with Crippen LogP contribution in [-0.4, -0.2) is 19.5 Å². The number of rotatable bonds is 4. The summed E-state index contributed by atoms with van der Waals surface area (Å²) in [4.78, 5) is 0. The maximum absolute atomic E-state index is 11.9. The van der Waals surface area contributed by atoms with Gasteiger partial charge in [0.15, 0.2) is 0 Å². The van der Waals surface area contributed by atoms with Crippen molar-refractivity contribution in [2.75, 3.05) is 7.05 Å². The van der Waals surface area contributed by atoms with Crippen LogP contribution in [0.5, 0.6) is 5.75 Å². The van der Waals surface area contributed by atoms with E-state index in [2.05, 4.69) is 10.1 Å². The number of benzene rings is 1. The topological polar surface area (TPSA) is 47.3 Å². The number of nitrogens with one attached hydrogen (secondary N) is 1. The van der Waals surface area contributed by atoms with Gasteiger partial charge in [-0.2, -0.15) is 0 Å². The van der Waals surface area contributed by atoms with Gasteiger partial charge in [-0.15, -0.1) is 13.2 Å². The van der Waals surface area contributed by atoms with E-state index in [0.29, 0.717) is 0 Å². The van der Waals surface area contributed by atoms with Crippen LogP contribution in [0.25, 0.3) is 0 Å². The van der Waals surface area contributed by atoms with Crippen LogP contribution in [0.2, 0.25) is 0 Å². The van der Waals surface area contributed by atoms with Gasteiger partial charge >= 0.3 is 6.36 Å². The predicted octanol–water partition coefficient (Wildman–Crippen LogP) is 2.19. The highest BCUT2D eigenvalue weighted by atomic mass is 19.4. The molecule has 17 heavy (non-hydrogen) atoms. The van der Waals surface area contributed by atoms with Gasteiger partial charge < -0.3 is 15.8 Å². The Kier molecular flexibility index (Phi) is 4.36. The average Bonchev–Trinajstić information content (AvgIpc) is 2.26. The zero-order valence-corrected chi connectivity index (χ0v) is 9.58. The maximum atomic E-state index is 11.9. The van der Waals surface area contributed by atoms with E-state index in [4.69, 9.17) is 5.73 Å². The standard InChI is InChI=1S/C11H15F3N2O/c1-7(16-2)10(15)8-3-5-9(6-4-8)17-11(12,13)14/h3-7,10,16H,15H2,1-2H3. The highest BCUT2D eigenvalue weighted by Crippen LogP contribution is 2.24. The van der Waals surface area contributed by atoms with Crippen LogP contribution >= 0.6 is 0 Å². The average molecular weight is 248 g/mol. The number of hydrogen-bond donors (Lipinski definition) is 2. The largest absolute Gasteiger partial charge is 0.573 e. The minimum Gasteiger partial charge on any atom is -0.406 e. The molecule has 0 saturated carbocycles. The van der Waals surface area contributed by atoms with Crippen LogP contribution in [0.4, 0.5) is 13.2 Å². The van der Waals surface area contributed by atoms with Crippen molar-refractivity contribution in [2.45, 2.75) is 25.4 Å². The lowest BCUT2D eigenvalue weighted by Gasteiger charge is -2.19. The summed E-state index contributed by atoms with van der Waals surface area (Å²) in [7, 11) is 1.77. The van der Waals surface area contributed by atoms with Gasteiger partial charge in [0.25, 0.3) is 0 Å². The first-order chi connectivity index (χ1) is 7.83. The highest BCUT2D eigenvalue weighted by Gasteiger charge is 2.31. The number of halogens is 3. The fraction of sp³-hybridized carbons (Fsp3) is 0.455. The van der Waals surface area contributed by atoms with E-state index in [0.717, 1.165) is 5.56 Å². The molecule has 1 rings (SSSR count). The Morgan fingerprint density at radius 2 is 1.76 bits per heavy atom. The summed E-state index contributed by atoms with van der Waals surface area (Å²) in [5.74, 6) is -0.245. The lowest BCUT2D eigenvalue weighted by molar-refractivity contribution is -0.274. The molecule has 0 amide bonds. The Morgan fingerprint density at radius 3 is 2.18 bits per heavy atom. The van der Waals surface area contributed by atoms with Gasteiger partial charge in [-0.1, -0.05) is 12.1 Å². The van der Waals surface area contributed by atoms with E-state index in [9.17, 15) is 13.2 Å². The molecule has 0 saturated heterocycles. The van der Waals surface area contributed by atoms with Crippen molar-refractivity contribution in [2.24, 2.45) is 5.73 Å². The van der Waals surface area contributed by atoms with Crippen molar-refractivity contribution in [1.82, 2.24) is 5.32 Å². The molecule has 2 unspecified atom stereocenters. The minimum absolute atomic E-state index is 0.0318. The molecule has 1 aromatic rings. The minimum atomic E-state index is -4.66. The first-order valence-electron chi connectivity index (χ1n) is 5.12. The van der Waals surface area contributed by atoms with Gasteiger partial charge in [-0.3, -0.25) is 0 Å². The smallest absolute Gasteiger partial charge is 0.406 e. The van der Waals surface area contributed by atoms with Crippen LogP contribution in [0, 0.1) is 0 Å². The Balaban J connectivity index is 2.74. The molecule has 3 nitrogen and oxygen atoms in total. The lowest BCUT2D eigenvalue weighted by Crippen LogP contribution is -2.34. The van der Waals surface area contributed by atoms with Crippen LogP contribution in [-0.2, 0) is 0 Å². The molecular formula is C11H15F3N2O. The number of alkyl halides is 3. The third-order valence-electron chi connectivity index (χ3n) is 2.49. The summed E-state index contributed by atoms with van der Waals surface area (Å²) in [6.07, 6.45) is -4.66. The first-order valence-corrected chi connectivity index (χ1v) is 5.12. The van der Waals surface area contributed by atoms with Crippen molar-refractivity contribution in [3.8, 4) is 5.75 Å². The molecule has 2 atom stereocenters. The van der Waals surface area contributed by atoms with E-state index in [-0.39, 0.29) is 17.8 Å². The molecular weight excluding hydrogens is 233 g/mol. The summed E-state index contributed by atoms with van der Waals surface area (Å²) >= 11 is 0. The lowest BCUT2D eigenvalue weighted by atomic mass is 10.0. The number of likely N-dealkylation sites (N-methyl/N-ethyl adjacent to an activating group) is 1. The Morgan fingerprint density at radius 1 is 1.24 bits per heavy atom. The van der Waals surface area contributed by atoms with Gasteiger partial charge in [0.1, 0.15) is 5.75 Å². The second-order valence-corrected chi connectivity index (χ2v) is 3.72. The molecule has 96 valence electrons. The molecule has 0 spiro atoms. The molecule has 0 radical (unpaired) electrons. The SMILES string of the molecule is CNC(C)C(N)c1ccc(OC(F)(F)F)cc1. The van der Waals surface area contributed by atoms with Gasteiger partial charge in [0.2, 0.25) is 0 Å². The molecule has 0 fully saturated rings. The molecule has 6 heteroatoms.